The van der Waals surface area contributed by atoms with E-state index < -0.39 is 23.8 Å². The number of amides is 3. The summed E-state index contributed by atoms with van der Waals surface area (Å²) in [5, 5.41) is 4.92. The lowest BCUT2D eigenvalue weighted by molar-refractivity contribution is -0.125. The molecule has 142 valence electrons. The number of ether oxygens (including phenoxy) is 1. The third-order valence-corrected chi connectivity index (χ3v) is 3.04. The highest BCUT2D eigenvalue weighted by molar-refractivity contribution is 5.99. The van der Waals surface area contributed by atoms with Crippen molar-refractivity contribution >= 4 is 48.2 Å². The van der Waals surface area contributed by atoms with Crippen LogP contribution in [0, 0.1) is 5.92 Å². The molecular weight excluding hydrogens is 373 g/mol. The van der Waals surface area contributed by atoms with Crippen molar-refractivity contribution in [3.05, 3.63) is 17.8 Å². The Labute approximate surface area is 158 Å². The Morgan fingerprint density at radius 1 is 1.28 bits per heavy atom. The van der Waals surface area contributed by atoms with Gasteiger partial charge in [-0.1, -0.05) is 13.8 Å². The molecule has 0 saturated heterocycles. The number of methoxy groups -OCH3 is 1. The van der Waals surface area contributed by atoms with E-state index in [4.69, 9.17) is 16.2 Å². The molecule has 0 aliphatic carbocycles. The molecule has 25 heavy (non-hydrogen) atoms. The van der Waals surface area contributed by atoms with Crippen LogP contribution in [-0.4, -0.2) is 42.4 Å². The maximum Gasteiger partial charge on any atom is 0.254 e. The van der Waals surface area contributed by atoms with Crippen LogP contribution in [0.4, 0.5) is 5.69 Å². The summed E-state index contributed by atoms with van der Waals surface area (Å²) in [6.07, 6.45) is 1.31. The van der Waals surface area contributed by atoms with Crippen LogP contribution >= 0.6 is 24.8 Å². The molecule has 0 saturated carbocycles. The van der Waals surface area contributed by atoms with Gasteiger partial charge >= 0.3 is 0 Å². The number of halogens is 2. The molecule has 6 N–H and O–H groups in total. The van der Waals surface area contributed by atoms with Crippen LogP contribution in [0.2, 0.25) is 0 Å². The number of carbonyl (C=O) groups excluding carboxylic acids is 3. The fourth-order valence-electron chi connectivity index (χ4n) is 1.65. The van der Waals surface area contributed by atoms with E-state index in [-0.39, 0.29) is 54.4 Å². The largest absolute Gasteiger partial charge is 0.480 e. The minimum Gasteiger partial charge on any atom is -0.480 e. The number of primary amides is 1. The number of nitrogens with zero attached hydrogens (tertiary/aromatic N) is 1. The van der Waals surface area contributed by atoms with Crippen molar-refractivity contribution in [3.63, 3.8) is 0 Å². The van der Waals surface area contributed by atoms with Gasteiger partial charge in [0.1, 0.15) is 5.56 Å². The number of hydrogen-bond acceptors (Lipinski definition) is 6. The first-order valence-corrected chi connectivity index (χ1v) is 6.93. The Hall–Kier alpha value is -2.10. The van der Waals surface area contributed by atoms with Crippen molar-refractivity contribution in [3.8, 4) is 5.88 Å². The molecule has 0 radical (unpaired) electrons. The number of nitrogens with two attached hydrogens (primary N) is 2. The number of hydrogen-bond donors (Lipinski definition) is 4. The third-order valence-electron chi connectivity index (χ3n) is 3.04. The Bertz CT molecular complexity index is 613. The molecule has 0 aliphatic heterocycles. The normalized spacial score (nSPS) is 10.8. The van der Waals surface area contributed by atoms with E-state index in [0.717, 1.165) is 0 Å². The van der Waals surface area contributed by atoms with Crippen LogP contribution < -0.4 is 26.8 Å². The standard InChI is InChI=1S/C14H21N5O4.2ClH/c1-7(2)11(15)13(22)17-6-10(20)19-8-4-9(12(16)21)14(23-3)18-5-8;;/h4-5,7,11H,6,15H2,1-3H3,(H2,16,21)(H,17,22)(H,19,20);2*1H/t11-;;/m0../s1. The number of pyridine rings is 1. The van der Waals surface area contributed by atoms with Crippen molar-refractivity contribution in [2.24, 2.45) is 17.4 Å². The topological polar surface area (TPSA) is 149 Å². The van der Waals surface area contributed by atoms with Gasteiger partial charge in [0.15, 0.2) is 0 Å². The Balaban J connectivity index is 0. The zero-order chi connectivity index (χ0) is 17.6. The maximum absolute atomic E-state index is 11.8. The predicted octanol–water partition coefficient (Wildman–Crippen LogP) is 0.0707. The second-order valence-corrected chi connectivity index (χ2v) is 5.18. The minimum absolute atomic E-state index is 0. The van der Waals surface area contributed by atoms with Gasteiger partial charge in [0.05, 0.1) is 31.6 Å². The van der Waals surface area contributed by atoms with Gasteiger partial charge < -0.3 is 26.8 Å². The minimum atomic E-state index is -0.735. The van der Waals surface area contributed by atoms with Crippen molar-refractivity contribution in [1.82, 2.24) is 10.3 Å². The van der Waals surface area contributed by atoms with Crippen LogP contribution in [-0.2, 0) is 9.59 Å². The maximum atomic E-state index is 11.8. The highest BCUT2D eigenvalue weighted by atomic mass is 35.5. The van der Waals surface area contributed by atoms with E-state index in [1.165, 1.54) is 19.4 Å². The van der Waals surface area contributed by atoms with Gasteiger partial charge in [-0.05, 0) is 12.0 Å². The van der Waals surface area contributed by atoms with E-state index in [9.17, 15) is 14.4 Å². The summed E-state index contributed by atoms with van der Waals surface area (Å²) < 4.78 is 4.90. The van der Waals surface area contributed by atoms with E-state index in [0.29, 0.717) is 0 Å². The summed E-state index contributed by atoms with van der Waals surface area (Å²) in [6.45, 7) is 3.36. The lowest BCUT2D eigenvalue weighted by atomic mass is 10.1. The molecule has 1 aromatic rings. The molecule has 0 unspecified atom stereocenters. The Morgan fingerprint density at radius 3 is 2.36 bits per heavy atom. The van der Waals surface area contributed by atoms with Crippen LogP contribution in [0.5, 0.6) is 5.88 Å². The first-order valence-electron chi connectivity index (χ1n) is 6.93. The first kappa shape index (κ1) is 25.1. The zero-order valence-electron chi connectivity index (χ0n) is 14.1. The van der Waals surface area contributed by atoms with E-state index >= 15 is 0 Å². The Kier molecular flexibility index (Phi) is 11.5. The smallest absolute Gasteiger partial charge is 0.254 e. The van der Waals surface area contributed by atoms with Crippen LogP contribution in [0.25, 0.3) is 0 Å². The van der Waals surface area contributed by atoms with Crippen LogP contribution in [0.15, 0.2) is 12.3 Å². The molecule has 0 spiro atoms. The van der Waals surface area contributed by atoms with Crippen molar-refractivity contribution in [2.45, 2.75) is 19.9 Å². The second-order valence-electron chi connectivity index (χ2n) is 5.18. The monoisotopic (exact) mass is 395 g/mol. The van der Waals surface area contributed by atoms with E-state index in [1.54, 1.807) is 13.8 Å². The number of rotatable bonds is 7. The zero-order valence-corrected chi connectivity index (χ0v) is 15.7. The Morgan fingerprint density at radius 2 is 1.88 bits per heavy atom. The van der Waals surface area contributed by atoms with Crippen LogP contribution in [0.3, 0.4) is 0 Å². The molecule has 0 bridgehead atoms. The lowest BCUT2D eigenvalue weighted by Crippen LogP contribution is -2.46. The van der Waals surface area contributed by atoms with Gasteiger partial charge in [-0.15, -0.1) is 24.8 Å². The van der Waals surface area contributed by atoms with Gasteiger partial charge in [0.25, 0.3) is 5.91 Å². The lowest BCUT2D eigenvalue weighted by Gasteiger charge is -2.15. The molecule has 0 fully saturated rings. The molecule has 1 atom stereocenters. The fourth-order valence-corrected chi connectivity index (χ4v) is 1.65. The summed E-state index contributed by atoms with van der Waals surface area (Å²) in [5.74, 6) is -1.62. The van der Waals surface area contributed by atoms with E-state index in [2.05, 4.69) is 15.6 Å². The third kappa shape index (κ3) is 7.55. The molecule has 1 aromatic heterocycles. The number of carbonyl (C=O) groups is 3. The molecule has 0 aliphatic rings. The summed E-state index contributed by atoms with van der Waals surface area (Å²) >= 11 is 0. The molecule has 11 heteroatoms. The molecule has 0 aromatic carbocycles. The van der Waals surface area contributed by atoms with Crippen molar-refractivity contribution in [1.29, 1.82) is 0 Å². The van der Waals surface area contributed by atoms with Crippen molar-refractivity contribution < 1.29 is 19.1 Å². The molecule has 9 nitrogen and oxygen atoms in total. The van der Waals surface area contributed by atoms with Gasteiger partial charge in [0, 0.05) is 0 Å². The second kappa shape index (κ2) is 11.5. The first-order chi connectivity index (χ1) is 10.8. The summed E-state index contributed by atoms with van der Waals surface area (Å²) in [7, 11) is 1.35. The van der Waals surface area contributed by atoms with Gasteiger partial charge in [-0.2, -0.15) is 0 Å². The predicted molar refractivity (Wildman–Crippen MR) is 98.3 cm³/mol. The quantitative estimate of drug-likeness (QED) is 0.512. The average molecular weight is 396 g/mol. The molecule has 3 amide bonds. The van der Waals surface area contributed by atoms with E-state index in [1.807, 2.05) is 0 Å². The molecule has 1 heterocycles. The molecule has 1 rings (SSSR count). The number of nitrogens with one attached hydrogen (secondary N) is 2. The highest BCUT2D eigenvalue weighted by Gasteiger charge is 2.18. The SMILES string of the molecule is COc1ncc(NC(=O)CNC(=O)[C@@H](N)C(C)C)cc1C(N)=O.Cl.Cl. The highest BCUT2D eigenvalue weighted by Crippen LogP contribution is 2.18. The summed E-state index contributed by atoms with van der Waals surface area (Å²) in [4.78, 5) is 38.6. The van der Waals surface area contributed by atoms with Gasteiger partial charge in [-0.3, -0.25) is 14.4 Å². The van der Waals surface area contributed by atoms with Gasteiger partial charge in [0.2, 0.25) is 17.7 Å². The number of anilines is 1. The van der Waals surface area contributed by atoms with Gasteiger partial charge in [-0.25, -0.2) is 4.98 Å². The van der Waals surface area contributed by atoms with Crippen LogP contribution in [0.1, 0.15) is 24.2 Å². The summed E-state index contributed by atoms with van der Waals surface area (Å²) in [5.41, 5.74) is 11.2. The molecular formula is C14H23Cl2N5O4. The fraction of sp³-hybridized carbons (Fsp3) is 0.429. The van der Waals surface area contributed by atoms with Crippen molar-refractivity contribution in [2.75, 3.05) is 19.0 Å². The number of aromatic nitrogens is 1. The average Bonchev–Trinajstić information content (AvgIpc) is 2.51. The summed E-state index contributed by atoms with van der Waals surface area (Å²) in [6, 6.07) is 0.653.